The lowest BCUT2D eigenvalue weighted by molar-refractivity contribution is -0.122. The molecule has 2 heterocycles. The SMILES string of the molecule is CC(C)N(C)C(=O)c1cc(F)ccc1-n1cc(C2CCCCC2)c2ccncc21.NC(=O)C1CCCCC1. The predicted molar refractivity (Wildman–Crippen MR) is 150 cm³/mol. The minimum absolute atomic E-state index is 0.0273. The first-order valence-electron chi connectivity index (χ1n) is 14.1. The average molecular weight is 521 g/mol. The van der Waals surface area contributed by atoms with Crippen molar-refractivity contribution in [3.05, 3.63) is 59.8 Å². The van der Waals surface area contributed by atoms with E-state index in [0.717, 1.165) is 18.4 Å². The lowest BCUT2D eigenvalue weighted by Gasteiger charge is -2.23. The largest absolute Gasteiger partial charge is 0.369 e. The van der Waals surface area contributed by atoms with Gasteiger partial charge in [-0.3, -0.25) is 14.6 Å². The number of amides is 2. The maximum atomic E-state index is 14.1. The Labute approximate surface area is 225 Å². The standard InChI is InChI=1S/C24H28FN3O.C7H13NO/c1-16(2)27(3)24(29)20-13-18(25)9-10-22(20)28-15-21(17-7-5-4-6-8-17)19-11-12-26-14-23(19)28;8-7(9)6-4-2-1-3-5-6/h9-17H,4-8H2,1-3H3;6H,1-5H2,(H2,8,9). The topological polar surface area (TPSA) is 81.2 Å². The van der Waals surface area contributed by atoms with Gasteiger partial charge in [-0.1, -0.05) is 38.5 Å². The van der Waals surface area contributed by atoms with E-state index in [9.17, 15) is 14.0 Å². The number of fused-ring (bicyclic) bond motifs is 1. The Bertz CT molecular complexity index is 1260. The molecule has 0 atom stereocenters. The first-order chi connectivity index (χ1) is 18.3. The first kappa shape index (κ1) is 27.8. The van der Waals surface area contributed by atoms with E-state index in [4.69, 9.17) is 5.73 Å². The zero-order chi connectivity index (χ0) is 27.2. The highest BCUT2D eigenvalue weighted by atomic mass is 19.1. The van der Waals surface area contributed by atoms with E-state index in [1.165, 1.54) is 74.4 Å². The third-order valence-corrected chi connectivity index (χ3v) is 8.23. The Morgan fingerprint density at radius 2 is 1.68 bits per heavy atom. The van der Waals surface area contributed by atoms with Gasteiger partial charge in [0.15, 0.2) is 0 Å². The molecular formula is C31H41FN4O2. The Kier molecular flexibility index (Phi) is 9.18. The van der Waals surface area contributed by atoms with Crippen molar-refractivity contribution in [1.29, 1.82) is 0 Å². The number of rotatable bonds is 5. The van der Waals surface area contributed by atoms with E-state index in [2.05, 4.69) is 17.2 Å². The second kappa shape index (κ2) is 12.5. The van der Waals surface area contributed by atoms with Crippen LogP contribution in [0.5, 0.6) is 0 Å². The van der Waals surface area contributed by atoms with E-state index >= 15 is 0 Å². The minimum atomic E-state index is -0.406. The quantitative estimate of drug-likeness (QED) is 0.404. The number of primary amides is 1. The van der Waals surface area contributed by atoms with Gasteiger partial charge >= 0.3 is 0 Å². The Hall–Kier alpha value is -3.22. The van der Waals surface area contributed by atoms with Gasteiger partial charge in [0.05, 0.1) is 23.0 Å². The van der Waals surface area contributed by atoms with Gasteiger partial charge in [-0.05, 0) is 75.3 Å². The van der Waals surface area contributed by atoms with Crippen LogP contribution in [-0.4, -0.2) is 39.4 Å². The maximum Gasteiger partial charge on any atom is 0.256 e. The molecule has 2 aromatic heterocycles. The zero-order valence-corrected chi connectivity index (χ0v) is 23.0. The van der Waals surface area contributed by atoms with Gasteiger partial charge in [-0.2, -0.15) is 0 Å². The summed E-state index contributed by atoms with van der Waals surface area (Å²) < 4.78 is 16.1. The van der Waals surface area contributed by atoms with Crippen molar-refractivity contribution < 1.29 is 14.0 Å². The summed E-state index contributed by atoms with van der Waals surface area (Å²) >= 11 is 0. The predicted octanol–water partition coefficient (Wildman–Crippen LogP) is 6.74. The number of hydrogen-bond donors (Lipinski definition) is 1. The van der Waals surface area contributed by atoms with Gasteiger partial charge < -0.3 is 15.2 Å². The molecule has 0 unspecified atom stereocenters. The van der Waals surface area contributed by atoms with E-state index in [1.807, 2.05) is 30.8 Å². The van der Waals surface area contributed by atoms with Crippen molar-refractivity contribution in [2.75, 3.05) is 7.05 Å². The van der Waals surface area contributed by atoms with Crippen LogP contribution in [0.4, 0.5) is 4.39 Å². The van der Waals surface area contributed by atoms with E-state index in [-0.39, 0.29) is 23.8 Å². The number of halogens is 1. The van der Waals surface area contributed by atoms with Gasteiger partial charge in [0.2, 0.25) is 5.91 Å². The van der Waals surface area contributed by atoms with Crippen molar-refractivity contribution in [1.82, 2.24) is 14.5 Å². The molecule has 0 radical (unpaired) electrons. The van der Waals surface area contributed by atoms with Crippen molar-refractivity contribution in [2.45, 2.75) is 90.0 Å². The molecule has 7 heteroatoms. The van der Waals surface area contributed by atoms with Gasteiger partial charge in [0, 0.05) is 36.8 Å². The highest BCUT2D eigenvalue weighted by Crippen LogP contribution is 2.38. The molecule has 2 saturated carbocycles. The molecule has 1 aromatic carbocycles. The van der Waals surface area contributed by atoms with Gasteiger partial charge in [0.25, 0.3) is 5.91 Å². The monoisotopic (exact) mass is 520 g/mol. The molecule has 5 rings (SSSR count). The molecule has 3 aromatic rings. The number of benzene rings is 1. The van der Waals surface area contributed by atoms with Crippen molar-refractivity contribution in [2.24, 2.45) is 11.7 Å². The molecule has 2 aliphatic rings. The molecule has 0 saturated heterocycles. The summed E-state index contributed by atoms with van der Waals surface area (Å²) in [6.45, 7) is 3.90. The fraction of sp³-hybridized carbons (Fsp3) is 0.516. The summed E-state index contributed by atoms with van der Waals surface area (Å²) in [7, 11) is 1.75. The summed E-state index contributed by atoms with van der Waals surface area (Å²) in [4.78, 5) is 29.6. The van der Waals surface area contributed by atoms with Crippen LogP contribution >= 0.6 is 0 Å². The summed E-state index contributed by atoms with van der Waals surface area (Å²) in [5.41, 5.74) is 8.47. The molecule has 0 bridgehead atoms. The highest BCUT2D eigenvalue weighted by Gasteiger charge is 2.24. The number of nitrogens with two attached hydrogens (primary N) is 1. The van der Waals surface area contributed by atoms with Crippen LogP contribution in [0.15, 0.2) is 42.9 Å². The first-order valence-corrected chi connectivity index (χ1v) is 14.1. The maximum absolute atomic E-state index is 14.1. The summed E-state index contributed by atoms with van der Waals surface area (Å²) in [5, 5.41) is 1.17. The van der Waals surface area contributed by atoms with E-state index < -0.39 is 5.82 Å². The van der Waals surface area contributed by atoms with Crippen molar-refractivity contribution >= 4 is 22.7 Å². The normalized spacial score (nSPS) is 16.8. The highest BCUT2D eigenvalue weighted by molar-refractivity contribution is 5.99. The zero-order valence-electron chi connectivity index (χ0n) is 23.0. The van der Waals surface area contributed by atoms with Crippen LogP contribution in [0.2, 0.25) is 0 Å². The smallest absolute Gasteiger partial charge is 0.256 e. The Morgan fingerprint density at radius 1 is 1.03 bits per heavy atom. The fourth-order valence-corrected chi connectivity index (χ4v) is 5.74. The van der Waals surface area contributed by atoms with Crippen LogP contribution in [-0.2, 0) is 4.79 Å². The third-order valence-electron chi connectivity index (χ3n) is 8.23. The number of carbonyl (C=O) groups excluding carboxylic acids is 2. The fourth-order valence-electron chi connectivity index (χ4n) is 5.74. The summed E-state index contributed by atoms with van der Waals surface area (Å²) in [6.07, 6.45) is 17.7. The van der Waals surface area contributed by atoms with Crippen LogP contribution in [0.25, 0.3) is 16.6 Å². The second-order valence-electron chi connectivity index (χ2n) is 11.1. The van der Waals surface area contributed by atoms with Crippen LogP contribution < -0.4 is 5.73 Å². The van der Waals surface area contributed by atoms with Crippen molar-refractivity contribution in [3.63, 3.8) is 0 Å². The molecule has 0 spiro atoms. The van der Waals surface area contributed by atoms with Gasteiger partial charge in [0.1, 0.15) is 5.82 Å². The van der Waals surface area contributed by atoms with Crippen LogP contribution in [0.3, 0.4) is 0 Å². The molecule has 2 aliphatic carbocycles. The van der Waals surface area contributed by atoms with Crippen molar-refractivity contribution in [3.8, 4) is 5.69 Å². The average Bonchev–Trinajstić information content (AvgIpc) is 3.33. The van der Waals surface area contributed by atoms with E-state index in [1.54, 1.807) is 18.0 Å². The second-order valence-corrected chi connectivity index (χ2v) is 11.1. The molecular weight excluding hydrogens is 479 g/mol. The molecule has 2 N–H and O–H groups in total. The Morgan fingerprint density at radius 3 is 2.29 bits per heavy atom. The van der Waals surface area contributed by atoms with E-state index in [0.29, 0.717) is 17.2 Å². The van der Waals surface area contributed by atoms with Gasteiger partial charge in [-0.15, -0.1) is 0 Å². The summed E-state index contributed by atoms with van der Waals surface area (Å²) in [6, 6.07) is 6.55. The van der Waals surface area contributed by atoms with Crippen LogP contribution in [0.1, 0.15) is 99.9 Å². The van der Waals surface area contributed by atoms with Crippen LogP contribution in [0, 0.1) is 11.7 Å². The minimum Gasteiger partial charge on any atom is -0.369 e. The van der Waals surface area contributed by atoms with Gasteiger partial charge in [-0.25, -0.2) is 4.39 Å². The number of nitrogens with zero attached hydrogens (tertiary/aromatic N) is 3. The lowest BCUT2D eigenvalue weighted by Crippen LogP contribution is -2.33. The molecule has 6 nitrogen and oxygen atoms in total. The third kappa shape index (κ3) is 6.25. The molecule has 2 fully saturated rings. The molecule has 38 heavy (non-hydrogen) atoms. The number of hydrogen-bond acceptors (Lipinski definition) is 3. The number of pyridine rings is 1. The number of carbonyl (C=O) groups is 2. The Balaban J connectivity index is 0.000000317. The molecule has 2 amide bonds. The molecule has 204 valence electrons. The molecule has 0 aliphatic heterocycles. The summed E-state index contributed by atoms with van der Waals surface area (Å²) in [5.74, 6) is 0.0251. The lowest BCUT2D eigenvalue weighted by atomic mass is 9.84. The number of aromatic nitrogens is 2.